The summed E-state index contributed by atoms with van der Waals surface area (Å²) in [4.78, 5) is 16.5. The van der Waals surface area contributed by atoms with Crippen LogP contribution in [0.25, 0.3) is 10.8 Å². The molecule has 10 nitrogen and oxygen atoms in total. The fraction of sp³-hybridized carbons (Fsp3) is 0.389. The zero-order chi connectivity index (χ0) is 21.9. The first-order valence-corrected chi connectivity index (χ1v) is 11.2. The number of aromatic nitrogens is 1. The van der Waals surface area contributed by atoms with Crippen molar-refractivity contribution in [3.8, 4) is 0 Å². The van der Waals surface area contributed by atoms with Gasteiger partial charge in [-0.05, 0) is 25.0 Å². The number of anilines is 1. The number of nitrogens with two attached hydrogens (primary N) is 3. The largest absolute Gasteiger partial charge is 0.369 e. The Hall–Kier alpha value is -2.47. The molecular formula is C18H24ClN7O3S. The Balaban J connectivity index is 2.09. The van der Waals surface area contributed by atoms with Gasteiger partial charge in [-0.15, -0.1) is 4.51 Å². The van der Waals surface area contributed by atoms with Crippen LogP contribution in [-0.4, -0.2) is 48.2 Å². The minimum absolute atomic E-state index is 0.00806. The first-order valence-electron chi connectivity index (χ1n) is 9.38. The lowest BCUT2D eigenvalue weighted by atomic mass is 9.97. The Morgan fingerprint density at radius 2 is 1.97 bits per heavy atom. The Morgan fingerprint density at radius 1 is 1.27 bits per heavy atom. The van der Waals surface area contributed by atoms with Crippen LogP contribution in [0.3, 0.4) is 0 Å². The molecular weight excluding hydrogens is 430 g/mol. The lowest BCUT2D eigenvalue weighted by Crippen LogP contribution is -2.59. The monoisotopic (exact) mass is 453 g/mol. The molecule has 2 aromatic rings. The number of guanidine groups is 1. The summed E-state index contributed by atoms with van der Waals surface area (Å²) in [6.45, 7) is 0.0559. The van der Waals surface area contributed by atoms with Crippen molar-refractivity contribution in [1.29, 1.82) is 0 Å². The summed E-state index contributed by atoms with van der Waals surface area (Å²) in [5.74, 6) is -0.678. The van der Waals surface area contributed by atoms with Gasteiger partial charge in [0.25, 0.3) is 0 Å². The maximum absolute atomic E-state index is 13.5. The third-order valence-electron chi connectivity index (χ3n) is 5.37. The molecule has 12 heteroatoms. The van der Waals surface area contributed by atoms with Crippen LogP contribution in [0.1, 0.15) is 25.7 Å². The van der Waals surface area contributed by atoms with E-state index in [-0.39, 0.29) is 23.9 Å². The van der Waals surface area contributed by atoms with E-state index in [1.807, 2.05) is 0 Å². The van der Waals surface area contributed by atoms with E-state index in [9.17, 15) is 13.2 Å². The van der Waals surface area contributed by atoms with E-state index in [0.717, 1.165) is 12.8 Å². The first kappa shape index (κ1) is 22.2. The number of nitrogens with one attached hydrogen (secondary N) is 1. The van der Waals surface area contributed by atoms with Crippen molar-refractivity contribution in [1.82, 2.24) is 9.29 Å². The molecule has 0 bridgehead atoms. The summed E-state index contributed by atoms with van der Waals surface area (Å²) in [7, 11) is -4.05. The van der Waals surface area contributed by atoms with Crippen molar-refractivity contribution in [2.24, 2.45) is 21.7 Å². The molecule has 1 amide bonds. The lowest BCUT2D eigenvalue weighted by Gasteiger charge is -2.37. The second kappa shape index (κ2) is 8.72. The number of hydrogen-bond donors (Lipinski definition) is 4. The molecule has 1 saturated carbocycles. The third-order valence-corrected chi connectivity index (χ3v) is 7.52. The minimum atomic E-state index is -4.05. The van der Waals surface area contributed by atoms with Crippen molar-refractivity contribution in [2.45, 2.75) is 36.1 Å². The number of halogens is 1. The van der Waals surface area contributed by atoms with Gasteiger partial charge in [0.05, 0.1) is 16.8 Å². The number of nitrogens with zero attached hydrogens (tertiary/aromatic N) is 3. The molecule has 0 saturated heterocycles. The van der Waals surface area contributed by atoms with Gasteiger partial charge in [-0.25, -0.2) is 8.42 Å². The third kappa shape index (κ3) is 3.93. The van der Waals surface area contributed by atoms with Crippen LogP contribution in [0.2, 0.25) is 0 Å². The molecule has 1 aromatic carbocycles. The van der Waals surface area contributed by atoms with E-state index < -0.39 is 21.5 Å². The second-order valence-electron chi connectivity index (χ2n) is 7.13. The summed E-state index contributed by atoms with van der Waals surface area (Å²) in [5.41, 5.74) is 16.2. The van der Waals surface area contributed by atoms with Gasteiger partial charge < -0.3 is 22.5 Å². The lowest BCUT2D eigenvalue weighted by molar-refractivity contribution is -0.127. The highest BCUT2D eigenvalue weighted by Gasteiger charge is 2.50. The van der Waals surface area contributed by atoms with Crippen LogP contribution in [0.4, 0.5) is 5.69 Å². The van der Waals surface area contributed by atoms with Gasteiger partial charge in [0.1, 0.15) is 5.54 Å². The van der Waals surface area contributed by atoms with Gasteiger partial charge in [0.2, 0.25) is 21.9 Å². The Morgan fingerprint density at radius 3 is 2.57 bits per heavy atom. The second-order valence-corrected chi connectivity index (χ2v) is 9.16. The van der Waals surface area contributed by atoms with Crippen LogP contribution in [0.5, 0.6) is 0 Å². The predicted molar refractivity (Wildman–Crippen MR) is 116 cm³/mol. The fourth-order valence-electron chi connectivity index (χ4n) is 3.96. The van der Waals surface area contributed by atoms with Crippen molar-refractivity contribution < 1.29 is 13.2 Å². The number of carbonyl (C=O) groups excluding carboxylic acids is 1. The van der Waals surface area contributed by atoms with Crippen LogP contribution >= 0.6 is 11.8 Å². The number of primary amides is 1. The molecule has 0 spiro atoms. The highest BCUT2D eigenvalue weighted by atomic mass is 35.5. The van der Waals surface area contributed by atoms with Crippen LogP contribution in [0, 0.1) is 0 Å². The van der Waals surface area contributed by atoms with Crippen molar-refractivity contribution in [3.05, 3.63) is 30.6 Å². The topological polar surface area (TPSA) is 170 Å². The number of pyridine rings is 1. The maximum atomic E-state index is 13.5. The molecule has 7 N–H and O–H groups in total. The van der Waals surface area contributed by atoms with Crippen molar-refractivity contribution in [3.63, 3.8) is 0 Å². The molecule has 1 fully saturated rings. The molecule has 1 heterocycles. The number of carbonyl (C=O) groups is 1. The van der Waals surface area contributed by atoms with Crippen molar-refractivity contribution >= 4 is 50.1 Å². The number of benzene rings is 1. The number of sulfonamides is 1. The van der Waals surface area contributed by atoms with Gasteiger partial charge in [-0.1, -0.05) is 18.9 Å². The normalized spacial score (nSPS) is 16.8. The van der Waals surface area contributed by atoms with E-state index in [2.05, 4.69) is 14.8 Å². The van der Waals surface area contributed by atoms with E-state index in [4.69, 9.17) is 29.0 Å². The molecule has 0 aliphatic heterocycles. The zero-order valence-corrected chi connectivity index (χ0v) is 17.8. The number of fused-ring (bicyclic) bond motifs is 1. The number of hydrogen-bond acceptors (Lipinski definition) is 6. The summed E-state index contributed by atoms with van der Waals surface area (Å²) >= 11 is 5.35. The van der Waals surface area contributed by atoms with Gasteiger partial charge >= 0.3 is 0 Å². The summed E-state index contributed by atoms with van der Waals surface area (Å²) in [6.07, 6.45) is 5.25. The molecule has 0 unspecified atom stereocenters. The van der Waals surface area contributed by atoms with Crippen LogP contribution < -0.4 is 22.5 Å². The molecule has 1 aromatic heterocycles. The quantitative estimate of drug-likeness (QED) is 0.355. The first-order chi connectivity index (χ1) is 14.3. The van der Waals surface area contributed by atoms with Gasteiger partial charge in [0, 0.05) is 41.8 Å². The Labute approximate surface area is 179 Å². The standard InChI is InChI=1S/C18H24ClN7O3S/c19-25-17(22)24-15-11-23-10-12-9-13(3-4-14(12)15)30(28,29)26(8-7-20)18(16(21)27)5-1-2-6-18/h3-4,9-11H,1-2,5-8,20H2,(H2,21,27)(H3,22,24,25). The van der Waals surface area contributed by atoms with Gasteiger partial charge in [-0.3, -0.25) is 9.78 Å². The molecule has 1 aliphatic rings. The van der Waals surface area contributed by atoms with Crippen LogP contribution in [0.15, 0.2) is 40.0 Å². The van der Waals surface area contributed by atoms with Crippen molar-refractivity contribution in [2.75, 3.05) is 18.4 Å². The minimum Gasteiger partial charge on any atom is -0.369 e. The number of amides is 1. The highest BCUT2D eigenvalue weighted by Crippen LogP contribution is 2.39. The average molecular weight is 454 g/mol. The number of rotatable bonds is 7. The molecule has 0 atom stereocenters. The fourth-order valence-corrected chi connectivity index (χ4v) is 5.85. The summed E-state index contributed by atoms with van der Waals surface area (Å²) in [5, 5.41) is 4.02. The van der Waals surface area contributed by atoms with Gasteiger partial charge in [0.15, 0.2) is 0 Å². The van der Waals surface area contributed by atoms with Gasteiger partial charge in [-0.2, -0.15) is 4.31 Å². The van der Waals surface area contributed by atoms with E-state index in [0.29, 0.717) is 29.3 Å². The zero-order valence-electron chi connectivity index (χ0n) is 16.2. The predicted octanol–water partition coefficient (Wildman–Crippen LogP) is 0.863. The average Bonchev–Trinajstić information content (AvgIpc) is 3.22. The molecule has 162 valence electrons. The van der Waals surface area contributed by atoms with E-state index in [1.165, 1.54) is 28.8 Å². The molecule has 0 radical (unpaired) electrons. The van der Waals surface area contributed by atoms with Crippen LogP contribution in [-0.2, 0) is 14.8 Å². The summed E-state index contributed by atoms with van der Waals surface area (Å²) in [6, 6.07) is 4.58. The molecule has 3 rings (SSSR count). The van der Waals surface area contributed by atoms with E-state index >= 15 is 0 Å². The Bertz CT molecular complexity index is 1080. The highest BCUT2D eigenvalue weighted by molar-refractivity contribution is 7.89. The summed E-state index contributed by atoms with van der Waals surface area (Å²) < 4.78 is 31.6. The Kier molecular flexibility index (Phi) is 6.46. The molecule has 1 aliphatic carbocycles. The smallest absolute Gasteiger partial charge is 0.244 e. The maximum Gasteiger partial charge on any atom is 0.244 e. The van der Waals surface area contributed by atoms with E-state index in [1.54, 1.807) is 6.07 Å². The molecule has 30 heavy (non-hydrogen) atoms. The SMILES string of the molecule is NCCN(C1(C(N)=O)CCCC1)S(=O)(=O)c1ccc2c(NC(N)=NCl)cncc2c1.